The Labute approximate surface area is 65.1 Å². The van der Waals surface area contributed by atoms with Crippen molar-refractivity contribution in [2.45, 2.75) is 11.5 Å². The normalized spacial score (nSPS) is 9.80. The maximum absolute atomic E-state index is 10.3. The van der Waals surface area contributed by atoms with Crippen molar-refractivity contribution < 1.29 is 5.11 Å². The van der Waals surface area contributed by atoms with Crippen molar-refractivity contribution in [3.05, 3.63) is 29.8 Å². The van der Waals surface area contributed by atoms with Crippen LogP contribution in [0.2, 0.25) is 0 Å². The van der Waals surface area contributed by atoms with Crippen LogP contribution in [-0.4, -0.2) is 6.26 Å². The monoisotopic (exact) mass is 153 g/mol. The van der Waals surface area contributed by atoms with Crippen LogP contribution in [0.15, 0.2) is 29.2 Å². The Kier molecular flexibility index (Phi) is 2.78. The SMILES string of the molecule is CSc1ccc(C[O])cc1. The zero-order valence-corrected chi connectivity index (χ0v) is 6.65. The number of hydrogen-bond donors (Lipinski definition) is 0. The maximum atomic E-state index is 10.3. The summed E-state index contributed by atoms with van der Waals surface area (Å²) in [4.78, 5) is 1.21. The highest BCUT2D eigenvalue weighted by Crippen LogP contribution is 2.14. The van der Waals surface area contributed by atoms with Gasteiger partial charge in [-0.3, -0.25) is 0 Å². The fourth-order valence-corrected chi connectivity index (χ4v) is 1.13. The molecule has 0 atom stereocenters. The highest BCUT2D eigenvalue weighted by atomic mass is 32.2. The van der Waals surface area contributed by atoms with Crippen molar-refractivity contribution in [1.29, 1.82) is 0 Å². The molecule has 10 heavy (non-hydrogen) atoms. The number of benzene rings is 1. The molecule has 1 aromatic carbocycles. The standard InChI is InChI=1S/C8H9OS/c1-10-8-4-2-7(6-9)3-5-8/h2-5H,6H2,1H3. The van der Waals surface area contributed by atoms with E-state index >= 15 is 0 Å². The summed E-state index contributed by atoms with van der Waals surface area (Å²) in [5.41, 5.74) is 0.859. The molecule has 1 aromatic rings. The summed E-state index contributed by atoms with van der Waals surface area (Å²) in [6.07, 6.45) is 2.02. The van der Waals surface area contributed by atoms with Crippen LogP contribution in [0, 0.1) is 0 Å². The Balaban J connectivity index is 2.80. The summed E-state index contributed by atoms with van der Waals surface area (Å²) < 4.78 is 0. The van der Waals surface area contributed by atoms with Gasteiger partial charge in [-0.15, -0.1) is 11.8 Å². The van der Waals surface area contributed by atoms with Gasteiger partial charge in [0.25, 0.3) is 0 Å². The lowest BCUT2D eigenvalue weighted by atomic mass is 10.2. The van der Waals surface area contributed by atoms with Crippen LogP contribution in [0.1, 0.15) is 5.56 Å². The molecule has 0 N–H and O–H groups in total. The molecule has 0 fully saturated rings. The average Bonchev–Trinajstić information content (AvgIpc) is 2.05. The molecule has 0 spiro atoms. The third kappa shape index (κ3) is 1.75. The molecule has 0 aliphatic heterocycles. The molecule has 0 saturated heterocycles. The van der Waals surface area contributed by atoms with Gasteiger partial charge in [-0.1, -0.05) is 12.1 Å². The summed E-state index contributed by atoms with van der Waals surface area (Å²) in [5, 5.41) is 10.3. The Morgan fingerprint density at radius 3 is 2.30 bits per heavy atom. The lowest BCUT2D eigenvalue weighted by Crippen LogP contribution is -1.78. The highest BCUT2D eigenvalue weighted by Gasteiger charge is 1.90. The van der Waals surface area contributed by atoms with Crippen molar-refractivity contribution in [2.24, 2.45) is 0 Å². The Morgan fingerprint density at radius 2 is 1.90 bits per heavy atom. The topological polar surface area (TPSA) is 19.9 Å². The number of hydrogen-bond acceptors (Lipinski definition) is 1. The first-order chi connectivity index (χ1) is 4.86. The minimum absolute atomic E-state index is 0.116. The number of rotatable bonds is 2. The summed E-state index contributed by atoms with van der Waals surface area (Å²) in [6.45, 7) is -0.116. The molecule has 0 unspecified atom stereocenters. The van der Waals surface area contributed by atoms with Gasteiger partial charge in [0.05, 0.1) is 0 Å². The van der Waals surface area contributed by atoms with E-state index < -0.39 is 0 Å². The summed E-state index contributed by atoms with van der Waals surface area (Å²) in [6, 6.07) is 7.69. The van der Waals surface area contributed by atoms with Crippen molar-refractivity contribution >= 4 is 11.8 Å². The van der Waals surface area contributed by atoms with E-state index in [1.807, 2.05) is 30.5 Å². The van der Waals surface area contributed by atoms with Crippen molar-refractivity contribution in [3.8, 4) is 0 Å². The fraction of sp³-hybridized carbons (Fsp3) is 0.250. The largest absolute Gasteiger partial charge is 0.232 e. The Morgan fingerprint density at radius 1 is 1.30 bits per heavy atom. The van der Waals surface area contributed by atoms with E-state index in [4.69, 9.17) is 0 Å². The first-order valence-corrected chi connectivity index (χ1v) is 4.30. The molecule has 53 valence electrons. The van der Waals surface area contributed by atoms with Gasteiger partial charge in [0.15, 0.2) is 0 Å². The molecule has 0 heterocycles. The number of thioether (sulfide) groups is 1. The van der Waals surface area contributed by atoms with Gasteiger partial charge in [0.2, 0.25) is 0 Å². The second-order valence-corrected chi connectivity index (χ2v) is 2.87. The van der Waals surface area contributed by atoms with Crippen LogP contribution in [0.4, 0.5) is 0 Å². The average molecular weight is 153 g/mol. The van der Waals surface area contributed by atoms with Crippen molar-refractivity contribution in [3.63, 3.8) is 0 Å². The molecule has 0 aromatic heterocycles. The fourth-order valence-electron chi connectivity index (χ4n) is 0.722. The molecule has 1 radical (unpaired) electrons. The smallest absolute Gasteiger partial charge is 0.107 e. The molecule has 0 aliphatic rings. The molecule has 2 heteroatoms. The van der Waals surface area contributed by atoms with E-state index in [1.165, 1.54) is 4.90 Å². The van der Waals surface area contributed by atoms with Gasteiger partial charge >= 0.3 is 0 Å². The first-order valence-electron chi connectivity index (χ1n) is 3.08. The molecular weight excluding hydrogens is 144 g/mol. The van der Waals surface area contributed by atoms with E-state index in [1.54, 1.807) is 11.8 Å². The lowest BCUT2D eigenvalue weighted by molar-refractivity contribution is 0.177. The van der Waals surface area contributed by atoms with Gasteiger partial charge in [0, 0.05) is 4.90 Å². The zero-order chi connectivity index (χ0) is 7.40. The van der Waals surface area contributed by atoms with Crippen LogP contribution in [0.5, 0.6) is 0 Å². The molecule has 1 rings (SSSR count). The third-order valence-electron chi connectivity index (χ3n) is 1.33. The quantitative estimate of drug-likeness (QED) is 0.597. The van der Waals surface area contributed by atoms with Gasteiger partial charge in [-0.05, 0) is 24.0 Å². The second kappa shape index (κ2) is 3.64. The molecule has 1 nitrogen and oxygen atoms in total. The van der Waals surface area contributed by atoms with E-state index in [2.05, 4.69) is 0 Å². The van der Waals surface area contributed by atoms with Crippen LogP contribution >= 0.6 is 11.8 Å². The van der Waals surface area contributed by atoms with Crippen LogP contribution in [0.3, 0.4) is 0 Å². The van der Waals surface area contributed by atoms with E-state index in [0.29, 0.717) is 0 Å². The van der Waals surface area contributed by atoms with Gasteiger partial charge < -0.3 is 0 Å². The molecule has 0 aliphatic carbocycles. The summed E-state index contributed by atoms with van der Waals surface area (Å²) >= 11 is 1.69. The molecule has 0 bridgehead atoms. The lowest BCUT2D eigenvalue weighted by Gasteiger charge is -1.95. The van der Waals surface area contributed by atoms with Crippen LogP contribution < -0.4 is 0 Å². The summed E-state index contributed by atoms with van der Waals surface area (Å²) in [5.74, 6) is 0. The maximum Gasteiger partial charge on any atom is 0.107 e. The van der Waals surface area contributed by atoms with Gasteiger partial charge in [0.1, 0.15) is 6.61 Å². The molecular formula is C8H9OS. The van der Waals surface area contributed by atoms with Gasteiger partial charge in [-0.25, -0.2) is 5.11 Å². The third-order valence-corrected chi connectivity index (χ3v) is 2.07. The molecule has 0 amide bonds. The Hall–Kier alpha value is -0.470. The molecule has 0 saturated carbocycles. The van der Waals surface area contributed by atoms with E-state index in [9.17, 15) is 5.11 Å². The van der Waals surface area contributed by atoms with Crippen LogP contribution in [-0.2, 0) is 11.7 Å². The highest BCUT2D eigenvalue weighted by molar-refractivity contribution is 7.98. The summed E-state index contributed by atoms with van der Waals surface area (Å²) in [7, 11) is 0. The minimum atomic E-state index is -0.116. The first kappa shape index (κ1) is 7.63. The predicted molar refractivity (Wildman–Crippen MR) is 42.6 cm³/mol. The van der Waals surface area contributed by atoms with Crippen molar-refractivity contribution in [1.82, 2.24) is 0 Å². The minimum Gasteiger partial charge on any atom is -0.232 e. The van der Waals surface area contributed by atoms with E-state index in [0.717, 1.165) is 5.56 Å². The van der Waals surface area contributed by atoms with E-state index in [-0.39, 0.29) is 6.61 Å². The van der Waals surface area contributed by atoms with Gasteiger partial charge in [-0.2, -0.15) is 0 Å². The van der Waals surface area contributed by atoms with Crippen molar-refractivity contribution in [2.75, 3.05) is 6.26 Å². The second-order valence-electron chi connectivity index (χ2n) is 1.99. The zero-order valence-electron chi connectivity index (χ0n) is 5.83. The predicted octanol–water partition coefficient (Wildman–Crippen LogP) is 2.34. The Bertz CT molecular complexity index is 170. The van der Waals surface area contributed by atoms with Crippen LogP contribution in [0.25, 0.3) is 0 Å².